The number of rotatable bonds is 2. The van der Waals surface area contributed by atoms with Gasteiger partial charge in [-0.3, -0.25) is 0 Å². The standard InChI is InChI=1S/C13H14O/c1-2-5-13(14)12-8-10-6-3-4-7-11(10)9-12/h1,3-4,6-7,12-14H,5,8-9H2. The molecule has 0 amide bonds. The third kappa shape index (κ3) is 1.66. The van der Waals surface area contributed by atoms with Gasteiger partial charge in [0.1, 0.15) is 0 Å². The van der Waals surface area contributed by atoms with Crippen molar-refractivity contribution in [2.75, 3.05) is 0 Å². The first kappa shape index (κ1) is 9.30. The van der Waals surface area contributed by atoms with Gasteiger partial charge in [-0.1, -0.05) is 24.3 Å². The molecule has 0 bridgehead atoms. The van der Waals surface area contributed by atoms with E-state index in [1.165, 1.54) is 11.1 Å². The molecule has 0 saturated heterocycles. The first-order valence-corrected chi connectivity index (χ1v) is 4.99. The Kier molecular flexibility index (Phi) is 2.56. The molecule has 0 aromatic heterocycles. The Morgan fingerprint density at radius 2 is 1.93 bits per heavy atom. The number of terminal acetylenes is 1. The highest BCUT2D eigenvalue weighted by Gasteiger charge is 2.26. The van der Waals surface area contributed by atoms with Gasteiger partial charge in [-0.05, 0) is 29.9 Å². The lowest BCUT2D eigenvalue weighted by Gasteiger charge is -2.14. The van der Waals surface area contributed by atoms with E-state index in [0.717, 1.165) is 12.8 Å². The number of hydrogen-bond acceptors (Lipinski definition) is 1. The first-order valence-electron chi connectivity index (χ1n) is 4.99. The van der Waals surface area contributed by atoms with Crippen molar-refractivity contribution in [2.45, 2.75) is 25.4 Å². The maximum Gasteiger partial charge on any atom is 0.0683 e. The fourth-order valence-electron chi connectivity index (χ4n) is 2.15. The van der Waals surface area contributed by atoms with Crippen molar-refractivity contribution in [3.63, 3.8) is 0 Å². The van der Waals surface area contributed by atoms with Crippen molar-refractivity contribution in [1.82, 2.24) is 0 Å². The molecule has 1 nitrogen and oxygen atoms in total. The van der Waals surface area contributed by atoms with Crippen LogP contribution in [0.15, 0.2) is 24.3 Å². The van der Waals surface area contributed by atoms with Gasteiger partial charge in [-0.2, -0.15) is 0 Å². The molecule has 0 radical (unpaired) electrons. The minimum atomic E-state index is -0.340. The maximum absolute atomic E-state index is 9.78. The third-order valence-electron chi connectivity index (χ3n) is 2.95. The Morgan fingerprint density at radius 1 is 1.36 bits per heavy atom. The quantitative estimate of drug-likeness (QED) is 0.698. The van der Waals surface area contributed by atoms with E-state index in [-0.39, 0.29) is 6.10 Å². The Labute approximate surface area is 84.8 Å². The lowest BCUT2D eigenvalue weighted by Crippen LogP contribution is -2.19. The average Bonchev–Trinajstić information content (AvgIpc) is 2.61. The van der Waals surface area contributed by atoms with Crippen molar-refractivity contribution in [1.29, 1.82) is 0 Å². The van der Waals surface area contributed by atoms with Crippen LogP contribution in [-0.4, -0.2) is 11.2 Å². The van der Waals surface area contributed by atoms with E-state index in [2.05, 4.69) is 30.2 Å². The molecule has 0 heterocycles. The first-order chi connectivity index (χ1) is 6.81. The second-order valence-corrected chi connectivity index (χ2v) is 3.91. The predicted molar refractivity (Wildman–Crippen MR) is 56.8 cm³/mol. The summed E-state index contributed by atoms with van der Waals surface area (Å²) in [6, 6.07) is 8.37. The summed E-state index contributed by atoms with van der Waals surface area (Å²) in [6.07, 6.45) is 7.27. The third-order valence-corrected chi connectivity index (χ3v) is 2.95. The molecule has 0 saturated carbocycles. The van der Waals surface area contributed by atoms with E-state index in [9.17, 15) is 5.11 Å². The van der Waals surface area contributed by atoms with E-state index >= 15 is 0 Å². The fourth-order valence-corrected chi connectivity index (χ4v) is 2.15. The lowest BCUT2D eigenvalue weighted by molar-refractivity contribution is 0.117. The van der Waals surface area contributed by atoms with Gasteiger partial charge in [-0.15, -0.1) is 12.3 Å². The monoisotopic (exact) mass is 186 g/mol. The van der Waals surface area contributed by atoms with Gasteiger partial charge in [0.05, 0.1) is 6.10 Å². The summed E-state index contributed by atoms with van der Waals surface area (Å²) in [5.74, 6) is 2.84. The second kappa shape index (κ2) is 3.86. The lowest BCUT2D eigenvalue weighted by atomic mass is 9.97. The largest absolute Gasteiger partial charge is 0.392 e. The van der Waals surface area contributed by atoms with Crippen molar-refractivity contribution in [3.05, 3.63) is 35.4 Å². The molecular weight excluding hydrogens is 172 g/mol. The highest BCUT2D eigenvalue weighted by Crippen LogP contribution is 2.29. The zero-order chi connectivity index (χ0) is 9.97. The number of benzene rings is 1. The van der Waals surface area contributed by atoms with Crippen LogP contribution >= 0.6 is 0 Å². The van der Waals surface area contributed by atoms with E-state index < -0.39 is 0 Å². The van der Waals surface area contributed by atoms with Gasteiger partial charge in [0.25, 0.3) is 0 Å². The molecule has 1 aliphatic rings. The normalized spacial score (nSPS) is 17.4. The van der Waals surface area contributed by atoms with Gasteiger partial charge >= 0.3 is 0 Å². The Bertz CT molecular complexity index is 337. The van der Waals surface area contributed by atoms with Gasteiger partial charge in [-0.25, -0.2) is 0 Å². The summed E-state index contributed by atoms with van der Waals surface area (Å²) in [4.78, 5) is 0. The Hall–Kier alpha value is -1.26. The van der Waals surface area contributed by atoms with Crippen LogP contribution in [0.2, 0.25) is 0 Å². The van der Waals surface area contributed by atoms with Gasteiger partial charge in [0, 0.05) is 6.42 Å². The topological polar surface area (TPSA) is 20.2 Å². The zero-order valence-corrected chi connectivity index (χ0v) is 8.11. The molecule has 72 valence electrons. The van der Waals surface area contributed by atoms with Crippen LogP contribution in [0.1, 0.15) is 17.5 Å². The van der Waals surface area contributed by atoms with Crippen molar-refractivity contribution in [2.24, 2.45) is 5.92 Å². The molecule has 1 aliphatic carbocycles. The molecule has 1 heteroatoms. The number of aliphatic hydroxyl groups excluding tert-OH is 1. The van der Waals surface area contributed by atoms with E-state index in [1.54, 1.807) is 0 Å². The molecule has 1 aromatic rings. The zero-order valence-electron chi connectivity index (χ0n) is 8.11. The SMILES string of the molecule is C#CCC(O)C1Cc2ccccc2C1. The van der Waals surface area contributed by atoms with Crippen LogP contribution in [0.25, 0.3) is 0 Å². The minimum absolute atomic E-state index is 0.323. The van der Waals surface area contributed by atoms with E-state index in [1.807, 2.05) is 0 Å². The highest BCUT2D eigenvalue weighted by atomic mass is 16.3. The highest BCUT2D eigenvalue weighted by molar-refractivity contribution is 5.32. The molecule has 0 fully saturated rings. The molecule has 1 atom stereocenters. The maximum atomic E-state index is 9.78. The van der Waals surface area contributed by atoms with Crippen LogP contribution in [0, 0.1) is 18.3 Å². The summed E-state index contributed by atoms with van der Waals surface area (Å²) in [7, 11) is 0. The number of fused-ring (bicyclic) bond motifs is 1. The molecule has 0 aliphatic heterocycles. The molecular formula is C13H14O. The molecule has 0 spiro atoms. The Morgan fingerprint density at radius 3 is 2.43 bits per heavy atom. The van der Waals surface area contributed by atoms with Gasteiger partial charge in [0.15, 0.2) is 0 Å². The molecule has 2 rings (SSSR count). The summed E-state index contributed by atoms with van der Waals surface area (Å²) >= 11 is 0. The summed E-state index contributed by atoms with van der Waals surface area (Å²) < 4.78 is 0. The second-order valence-electron chi connectivity index (χ2n) is 3.91. The van der Waals surface area contributed by atoms with E-state index in [4.69, 9.17) is 6.42 Å². The summed E-state index contributed by atoms with van der Waals surface area (Å²) in [6.45, 7) is 0. The van der Waals surface area contributed by atoms with Crippen LogP contribution in [0.4, 0.5) is 0 Å². The average molecular weight is 186 g/mol. The molecule has 1 unspecified atom stereocenters. The van der Waals surface area contributed by atoms with Gasteiger partial charge in [0.2, 0.25) is 0 Å². The van der Waals surface area contributed by atoms with Crippen LogP contribution in [0.3, 0.4) is 0 Å². The van der Waals surface area contributed by atoms with E-state index in [0.29, 0.717) is 12.3 Å². The van der Waals surface area contributed by atoms with Crippen molar-refractivity contribution >= 4 is 0 Å². The number of hydrogen-bond donors (Lipinski definition) is 1. The summed E-state index contributed by atoms with van der Waals surface area (Å²) in [5.41, 5.74) is 2.74. The van der Waals surface area contributed by atoms with Crippen LogP contribution in [-0.2, 0) is 12.8 Å². The molecule has 14 heavy (non-hydrogen) atoms. The Balaban J connectivity index is 2.08. The summed E-state index contributed by atoms with van der Waals surface area (Å²) in [5, 5.41) is 9.78. The van der Waals surface area contributed by atoms with Gasteiger partial charge < -0.3 is 5.11 Å². The predicted octanol–water partition coefficient (Wildman–Crippen LogP) is 1.79. The van der Waals surface area contributed by atoms with Crippen molar-refractivity contribution in [3.8, 4) is 12.3 Å². The molecule has 1 N–H and O–H groups in total. The minimum Gasteiger partial charge on any atom is -0.392 e. The fraction of sp³-hybridized carbons (Fsp3) is 0.385. The van der Waals surface area contributed by atoms with Crippen LogP contribution in [0.5, 0.6) is 0 Å². The van der Waals surface area contributed by atoms with Crippen LogP contribution < -0.4 is 0 Å². The smallest absolute Gasteiger partial charge is 0.0683 e. The molecule has 1 aromatic carbocycles. The van der Waals surface area contributed by atoms with Crippen molar-refractivity contribution < 1.29 is 5.11 Å². The number of aliphatic hydroxyl groups is 1.